The molecule has 1 aliphatic heterocycles. The van der Waals surface area contributed by atoms with Crippen LogP contribution in [0.25, 0.3) is 0 Å². The Hall–Kier alpha value is -1.23. The second-order valence-corrected chi connectivity index (χ2v) is 4.79. The van der Waals surface area contributed by atoms with Gasteiger partial charge in [0.15, 0.2) is 11.6 Å². The zero-order valence-corrected chi connectivity index (χ0v) is 11.1. The molecule has 1 aliphatic rings. The van der Waals surface area contributed by atoms with Crippen molar-refractivity contribution in [3.63, 3.8) is 0 Å². The molecule has 5 heteroatoms. The Labute approximate surface area is 108 Å². The number of hydrogen-bond donors (Lipinski definition) is 1. The van der Waals surface area contributed by atoms with Gasteiger partial charge in [-0.2, -0.15) is 0 Å². The predicted molar refractivity (Wildman–Crippen MR) is 70.3 cm³/mol. The maximum Gasteiger partial charge on any atom is 0.186 e. The second kappa shape index (κ2) is 6.09. The van der Waals surface area contributed by atoms with Crippen molar-refractivity contribution in [2.45, 2.75) is 39.2 Å². The van der Waals surface area contributed by atoms with Crippen molar-refractivity contribution in [2.24, 2.45) is 0 Å². The number of halogens is 1. The van der Waals surface area contributed by atoms with Crippen LogP contribution in [0.4, 0.5) is 10.2 Å². The average Bonchev–Trinajstić information content (AvgIpc) is 2.81. The van der Waals surface area contributed by atoms with Gasteiger partial charge in [0.1, 0.15) is 6.33 Å². The monoisotopic (exact) mass is 252 g/mol. The van der Waals surface area contributed by atoms with Gasteiger partial charge in [-0.3, -0.25) is 0 Å². The summed E-state index contributed by atoms with van der Waals surface area (Å²) in [5, 5.41) is 3.40. The molecule has 0 saturated carbocycles. The van der Waals surface area contributed by atoms with Crippen LogP contribution in [0.15, 0.2) is 6.33 Å². The van der Waals surface area contributed by atoms with Gasteiger partial charge in [0.25, 0.3) is 0 Å². The van der Waals surface area contributed by atoms with E-state index in [2.05, 4.69) is 27.1 Å². The van der Waals surface area contributed by atoms with E-state index in [9.17, 15) is 4.39 Å². The molecule has 1 N–H and O–H groups in total. The molecule has 0 aliphatic carbocycles. The standard InChI is InChI=1S/C13H21FN4/c1-3-6-15-8-11-5-4-7-18(11)13-12(14)10(2)16-9-17-13/h9,11,15H,3-8H2,1-2H3. The van der Waals surface area contributed by atoms with Gasteiger partial charge in [0, 0.05) is 19.1 Å². The van der Waals surface area contributed by atoms with Crippen LogP contribution in [-0.2, 0) is 0 Å². The fourth-order valence-electron chi connectivity index (χ4n) is 2.42. The number of nitrogens with zero attached hydrogens (tertiary/aromatic N) is 3. The molecule has 1 saturated heterocycles. The number of aromatic nitrogens is 2. The molecule has 0 spiro atoms. The number of rotatable bonds is 5. The predicted octanol–water partition coefficient (Wildman–Crippen LogP) is 1.89. The van der Waals surface area contributed by atoms with Gasteiger partial charge in [0.05, 0.1) is 5.69 Å². The third-order valence-electron chi connectivity index (χ3n) is 3.40. The second-order valence-electron chi connectivity index (χ2n) is 4.79. The van der Waals surface area contributed by atoms with Crippen molar-refractivity contribution in [3.05, 3.63) is 17.8 Å². The quantitative estimate of drug-likeness (QED) is 0.813. The summed E-state index contributed by atoms with van der Waals surface area (Å²) >= 11 is 0. The SMILES string of the molecule is CCCNCC1CCCN1c1ncnc(C)c1F. The molecule has 1 aromatic heterocycles. The molecular weight excluding hydrogens is 231 g/mol. The molecule has 1 unspecified atom stereocenters. The lowest BCUT2D eigenvalue weighted by molar-refractivity contribution is 0.548. The van der Waals surface area contributed by atoms with Gasteiger partial charge in [-0.25, -0.2) is 14.4 Å². The fourth-order valence-corrected chi connectivity index (χ4v) is 2.42. The van der Waals surface area contributed by atoms with Crippen LogP contribution in [0, 0.1) is 12.7 Å². The fraction of sp³-hybridized carbons (Fsp3) is 0.692. The highest BCUT2D eigenvalue weighted by atomic mass is 19.1. The van der Waals surface area contributed by atoms with E-state index < -0.39 is 0 Å². The first-order valence-corrected chi connectivity index (χ1v) is 6.68. The zero-order chi connectivity index (χ0) is 13.0. The van der Waals surface area contributed by atoms with Crippen LogP contribution in [0.5, 0.6) is 0 Å². The van der Waals surface area contributed by atoms with E-state index in [0.717, 1.165) is 38.9 Å². The number of aryl methyl sites for hydroxylation is 1. The van der Waals surface area contributed by atoms with Crippen molar-refractivity contribution in [1.29, 1.82) is 0 Å². The summed E-state index contributed by atoms with van der Waals surface area (Å²) in [5.41, 5.74) is 0.423. The van der Waals surface area contributed by atoms with E-state index >= 15 is 0 Å². The molecule has 2 heterocycles. The first kappa shape index (κ1) is 13.2. The highest BCUT2D eigenvalue weighted by molar-refractivity contribution is 5.43. The molecule has 0 bridgehead atoms. The highest BCUT2D eigenvalue weighted by Crippen LogP contribution is 2.26. The van der Waals surface area contributed by atoms with Crippen molar-refractivity contribution in [3.8, 4) is 0 Å². The molecule has 4 nitrogen and oxygen atoms in total. The molecule has 1 atom stereocenters. The largest absolute Gasteiger partial charge is 0.350 e. The Morgan fingerprint density at radius 3 is 3.11 bits per heavy atom. The van der Waals surface area contributed by atoms with Gasteiger partial charge in [-0.15, -0.1) is 0 Å². The summed E-state index contributed by atoms with van der Waals surface area (Å²) in [5.74, 6) is 0.184. The van der Waals surface area contributed by atoms with Crippen molar-refractivity contribution in [1.82, 2.24) is 15.3 Å². The average molecular weight is 252 g/mol. The number of nitrogens with one attached hydrogen (secondary N) is 1. The minimum absolute atomic E-state index is 0.278. The van der Waals surface area contributed by atoms with E-state index in [1.165, 1.54) is 6.33 Å². The molecule has 18 heavy (non-hydrogen) atoms. The molecule has 1 fully saturated rings. The summed E-state index contributed by atoms with van der Waals surface area (Å²) in [7, 11) is 0. The molecule has 2 rings (SSSR count). The first-order chi connectivity index (χ1) is 8.74. The van der Waals surface area contributed by atoms with Gasteiger partial charge < -0.3 is 10.2 Å². The van der Waals surface area contributed by atoms with Crippen LogP contribution < -0.4 is 10.2 Å². The third kappa shape index (κ3) is 2.77. The van der Waals surface area contributed by atoms with Gasteiger partial charge in [-0.05, 0) is 32.7 Å². The third-order valence-corrected chi connectivity index (χ3v) is 3.40. The molecule has 0 radical (unpaired) electrons. The Morgan fingerprint density at radius 2 is 2.33 bits per heavy atom. The lowest BCUT2D eigenvalue weighted by Gasteiger charge is -2.26. The van der Waals surface area contributed by atoms with E-state index in [4.69, 9.17) is 0 Å². The van der Waals surface area contributed by atoms with Crippen LogP contribution in [0.1, 0.15) is 31.9 Å². The highest BCUT2D eigenvalue weighted by Gasteiger charge is 2.27. The van der Waals surface area contributed by atoms with E-state index in [0.29, 0.717) is 17.6 Å². The molecule has 0 aromatic carbocycles. The number of anilines is 1. The van der Waals surface area contributed by atoms with E-state index in [1.807, 2.05) is 0 Å². The lowest BCUT2D eigenvalue weighted by atomic mass is 10.2. The van der Waals surface area contributed by atoms with Gasteiger partial charge in [-0.1, -0.05) is 6.92 Å². The lowest BCUT2D eigenvalue weighted by Crippen LogP contribution is -2.39. The summed E-state index contributed by atoms with van der Waals surface area (Å²) in [6, 6.07) is 0.348. The van der Waals surface area contributed by atoms with Crippen LogP contribution in [0.3, 0.4) is 0 Å². The minimum atomic E-state index is -0.278. The Morgan fingerprint density at radius 1 is 1.50 bits per heavy atom. The van der Waals surface area contributed by atoms with Crippen LogP contribution in [0.2, 0.25) is 0 Å². The zero-order valence-electron chi connectivity index (χ0n) is 11.1. The Balaban J connectivity index is 2.08. The van der Waals surface area contributed by atoms with Crippen molar-refractivity contribution >= 4 is 5.82 Å². The normalized spacial score (nSPS) is 19.5. The van der Waals surface area contributed by atoms with E-state index in [-0.39, 0.29) is 5.82 Å². The maximum atomic E-state index is 14.0. The van der Waals surface area contributed by atoms with Crippen LogP contribution >= 0.6 is 0 Å². The van der Waals surface area contributed by atoms with E-state index in [1.54, 1.807) is 6.92 Å². The smallest absolute Gasteiger partial charge is 0.186 e. The molecule has 0 amide bonds. The maximum absolute atomic E-state index is 14.0. The van der Waals surface area contributed by atoms with Gasteiger partial charge in [0.2, 0.25) is 0 Å². The molecule has 100 valence electrons. The van der Waals surface area contributed by atoms with Crippen molar-refractivity contribution < 1.29 is 4.39 Å². The Kier molecular flexibility index (Phi) is 4.47. The summed E-state index contributed by atoms with van der Waals surface area (Å²) in [6.45, 7) is 6.62. The summed E-state index contributed by atoms with van der Waals surface area (Å²) in [4.78, 5) is 10.1. The van der Waals surface area contributed by atoms with Crippen molar-refractivity contribution in [2.75, 3.05) is 24.5 Å². The Bertz CT molecular complexity index is 397. The van der Waals surface area contributed by atoms with Crippen LogP contribution in [-0.4, -0.2) is 35.6 Å². The summed E-state index contributed by atoms with van der Waals surface area (Å²) < 4.78 is 14.0. The molecular formula is C13H21FN4. The van der Waals surface area contributed by atoms with Gasteiger partial charge >= 0.3 is 0 Å². The topological polar surface area (TPSA) is 41.0 Å². The first-order valence-electron chi connectivity index (χ1n) is 6.68. The summed E-state index contributed by atoms with van der Waals surface area (Å²) in [6.07, 6.45) is 4.76. The molecule has 1 aromatic rings. The number of hydrogen-bond acceptors (Lipinski definition) is 4. The minimum Gasteiger partial charge on any atom is -0.350 e.